The molecular formula is C15H28O2. The minimum Gasteiger partial charge on any atom is -0.396 e. The van der Waals surface area contributed by atoms with Gasteiger partial charge in [-0.2, -0.15) is 0 Å². The molecule has 0 bridgehead atoms. The van der Waals surface area contributed by atoms with E-state index in [9.17, 15) is 10.2 Å². The molecule has 0 aromatic rings. The Morgan fingerprint density at radius 2 is 2.12 bits per heavy atom. The van der Waals surface area contributed by atoms with Gasteiger partial charge >= 0.3 is 0 Å². The van der Waals surface area contributed by atoms with Crippen molar-refractivity contribution in [3.63, 3.8) is 0 Å². The lowest BCUT2D eigenvalue weighted by molar-refractivity contribution is -0.0949. The fraction of sp³-hybridized carbons (Fsp3) is 0.867. The first-order valence-electron chi connectivity index (χ1n) is 6.97. The van der Waals surface area contributed by atoms with Crippen LogP contribution in [-0.4, -0.2) is 22.4 Å². The Balaban J connectivity index is 2.63. The SMILES string of the molecule is C=CCCC[C@@]1(O)C[C@@H](C(C)C)CC[C@@H]1CO. The second-order valence-corrected chi connectivity index (χ2v) is 5.95. The second-order valence-electron chi connectivity index (χ2n) is 5.95. The Hall–Kier alpha value is -0.340. The first-order chi connectivity index (χ1) is 8.03. The van der Waals surface area contributed by atoms with Crippen LogP contribution in [0.3, 0.4) is 0 Å². The van der Waals surface area contributed by atoms with Crippen LogP contribution >= 0.6 is 0 Å². The van der Waals surface area contributed by atoms with E-state index in [4.69, 9.17) is 0 Å². The Labute approximate surface area is 106 Å². The van der Waals surface area contributed by atoms with Crippen molar-refractivity contribution < 1.29 is 10.2 Å². The van der Waals surface area contributed by atoms with E-state index < -0.39 is 5.60 Å². The molecule has 0 spiro atoms. The lowest BCUT2D eigenvalue weighted by Gasteiger charge is -2.44. The van der Waals surface area contributed by atoms with Gasteiger partial charge in [0.25, 0.3) is 0 Å². The molecule has 1 aliphatic rings. The molecule has 0 unspecified atom stereocenters. The smallest absolute Gasteiger partial charge is 0.0700 e. The highest BCUT2D eigenvalue weighted by molar-refractivity contribution is 4.93. The number of hydrogen-bond donors (Lipinski definition) is 2. The molecule has 1 fully saturated rings. The normalized spacial score (nSPS) is 33.9. The first-order valence-corrected chi connectivity index (χ1v) is 6.97. The standard InChI is InChI=1S/C15H28O2/c1-4-5-6-9-15(17)10-13(12(2)3)7-8-14(15)11-16/h4,12-14,16-17H,1,5-11H2,2-3H3/t13-,14+,15+/m0/s1. The zero-order valence-electron chi connectivity index (χ0n) is 11.4. The van der Waals surface area contributed by atoms with Gasteiger partial charge in [0.2, 0.25) is 0 Å². The Morgan fingerprint density at radius 3 is 2.65 bits per heavy atom. The van der Waals surface area contributed by atoms with Gasteiger partial charge in [0, 0.05) is 12.5 Å². The summed E-state index contributed by atoms with van der Waals surface area (Å²) in [6.07, 6.45) is 7.59. The van der Waals surface area contributed by atoms with Gasteiger partial charge in [0.05, 0.1) is 5.60 Å². The van der Waals surface area contributed by atoms with Crippen molar-refractivity contribution in [1.82, 2.24) is 0 Å². The second kappa shape index (κ2) is 6.55. The average molecular weight is 240 g/mol. The third-order valence-electron chi connectivity index (χ3n) is 4.44. The summed E-state index contributed by atoms with van der Waals surface area (Å²) in [7, 11) is 0. The maximum atomic E-state index is 10.8. The van der Waals surface area contributed by atoms with Crippen molar-refractivity contribution in [2.75, 3.05) is 6.61 Å². The Bertz CT molecular complexity index is 237. The molecule has 1 rings (SSSR count). The molecule has 0 saturated heterocycles. The van der Waals surface area contributed by atoms with E-state index in [2.05, 4.69) is 20.4 Å². The van der Waals surface area contributed by atoms with Gasteiger partial charge < -0.3 is 10.2 Å². The number of hydrogen-bond acceptors (Lipinski definition) is 2. The van der Waals surface area contributed by atoms with E-state index in [0.717, 1.165) is 38.5 Å². The van der Waals surface area contributed by atoms with E-state index in [1.807, 2.05) is 6.08 Å². The zero-order valence-corrected chi connectivity index (χ0v) is 11.4. The van der Waals surface area contributed by atoms with Gasteiger partial charge in [-0.25, -0.2) is 0 Å². The van der Waals surface area contributed by atoms with E-state index in [0.29, 0.717) is 11.8 Å². The third-order valence-corrected chi connectivity index (χ3v) is 4.44. The van der Waals surface area contributed by atoms with Gasteiger partial charge in [-0.05, 0) is 50.4 Å². The molecule has 3 atom stereocenters. The van der Waals surface area contributed by atoms with Gasteiger partial charge in [0.15, 0.2) is 0 Å². The van der Waals surface area contributed by atoms with Crippen LogP contribution < -0.4 is 0 Å². The topological polar surface area (TPSA) is 40.5 Å². The van der Waals surface area contributed by atoms with Gasteiger partial charge in [-0.3, -0.25) is 0 Å². The van der Waals surface area contributed by atoms with Crippen molar-refractivity contribution in [3.8, 4) is 0 Å². The van der Waals surface area contributed by atoms with Crippen LogP contribution in [0.1, 0.15) is 52.4 Å². The number of aliphatic hydroxyl groups is 2. The Kier molecular flexibility index (Phi) is 5.68. The highest BCUT2D eigenvalue weighted by Crippen LogP contribution is 2.42. The molecule has 0 aromatic heterocycles. The number of aliphatic hydroxyl groups excluding tert-OH is 1. The van der Waals surface area contributed by atoms with Crippen LogP contribution in [0.4, 0.5) is 0 Å². The summed E-state index contributed by atoms with van der Waals surface area (Å²) in [5, 5.41) is 20.2. The number of rotatable bonds is 6. The predicted octanol–water partition coefficient (Wildman–Crippen LogP) is 3.14. The molecule has 1 saturated carbocycles. The van der Waals surface area contributed by atoms with E-state index in [-0.39, 0.29) is 12.5 Å². The lowest BCUT2D eigenvalue weighted by atomic mass is 9.66. The zero-order chi connectivity index (χ0) is 12.9. The van der Waals surface area contributed by atoms with Crippen molar-refractivity contribution in [2.45, 2.75) is 58.0 Å². The van der Waals surface area contributed by atoms with Crippen molar-refractivity contribution >= 4 is 0 Å². The van der Waals surface area contributed by atoms with Gasteiger partial charge in [-0.15, -0.1) is 6.58 Å². The molecule has 0 heterocycles. The summed E-state index contributed by atoms with van der Waals surface area (Å²) >= 11 is 0. The predicted molar refractivity (Wildman–Crippen MR) is 71.8 cm³/mol. The highest BCUT2D eigenvalue weighted by atomic mass is 16.3. The summed E-state index contributed by atoms with van der Waals surface area (Å²) in [5.74, 6) is 1.30. The van der Waals surface area contributed by atoms with Crippen molar-refractivity contribution in [3.05, 3.63) is 12.7 Å². The molecule has 2 N–H and O–H groups in total. The molecule has 0 radical (unpaired) electrons. The largest absolute Gasteiger partial charge is 0.396 e. The van der Waals surface area contributed by atoms with E-state index in [1.165, 1.54) is 0 Å². The van der Waals surface area contributed by atoms with E-state index in [1.54, 1.807) is 0 Å². The summed E-state index contributed by atoms with van der Waals surface area (Å²) in [4.78, 5) is 0. The summed E-state index contributed by atoms with van der Waals surface area (Å²) in [6, 6.07) is 0. The maximum Gasteiger partial charge on any atom is 0.0700 e. The third kappa shape index (κ3) is 3.82. The molecular weight excluding hydrogens is 212 g/mol. The molecule has 17 heavy (non-hydrogen) atoms. The van der Waals surface area contributed by atoms with Gasteiger partial charge in [0.1, 0.15) is 0 Å². The minimum absolute atomic E-state index is 0.0716. The quantitative estimate of drug-likeness (QED) is 0.553. The van der Waals surface area contributed by atoms with E-state index >= 15 is 0 Å². The first kappa shape index (κ1) is 14.7. The van der Waals surface area contributed by atoms with Crippen LogP contribution in [-0.2, 0) is 0 Å². The van der Waals surface area contributed by atoms with Crippen LogP contribution in [0.5, 0.6) is 0 Å². The van der Waals surface area contributed by atoms with Gasteiger partial charge in [-0.1, -0.05) is 19.9 Å². The molecule has 1 aliphatic carbocycles. The van der Waals surface area contributed by atoms with Crippen LogP contribution in [0, 0.1) is 17.8 Å². The number of allylic oxidation sites excluding steroid dienone is 1. The van der Waals surface area contributed by atoms with Crippen molar-refractivity contribution in [2.24, 2.45) is 17.8 Å². The molecule has 100 valence electrons. The van der Waals surface area contributed by atoms with Crippen LogP contribution in [0.25, 0.3) is 0 Å². The molecule has 0 aromatic carbocycles. The summed E-state index contributed by atoms with van der Waals surface area (Å²) in [5.41, 5.74) is -0.648. The summed E-state index contributed by atoms with van der Waals surface area (Å²) in [6.45, 7) is 8.30. The minimum atomic E-state index is -0.648. The molecule has 0 aliphatic heterocycles. The summed E-state index contributed by atoms with van der Waals surface area (Å²) < 4.78 is 0. The molecule has 2 heteroatoms. The van der Waals surface area contributed by atoms with Crippen LogP contribution in [0.15, 0.2) is 12.7 Å². The average Bonchev–Trinajstić information content (AvgIpc) is 2.29. The molecule has 0 amide bonds. The van der Waals surface area contributed by atoms with Crippen molar-refractivity contribution in [1.29, 1.82) is 0 Å². The fourth-order valence-electron chi connectivity index (χ4n) is 3.10. The number of unbranched alkanes of at least 4 members (excludes halogenated alkanes) is 1. The fourth-order valence-corrected chi connectivity index (χ4v) is 3.10. The van der Waals surface area contributed by atoms with Crippen LogP contribution in [0.2, 0.25) is 0 Å². The molecule has 2 nitrogen and oxygen atoms in total. The monoisotopic (exact) mass is 240 g/mol. The Morgan fingerprint density at radius 1 is 1.41 bits per heavy atom. The maximum absolute atomic E-state index is 10.8. The highest BCUT2D eigenvalue weighted by Gasteiger charge is 2.42. The lowest BCUT2D eigenvalue weighted by Crippen LogP contribution is -2.46.